The van der Waals surface area contributed by atoms with Crippen molar-refractivity contribution in [2.24, 2.45) is 0 Å². The van der Waals surface area contributed by atoms with Crippen molar-refractivity contribution in [3.05, 3.63) is 70.5 Å². The molecule has 2 aliphatic rings. The molecule has 0 saturated carbocycles. The zero-order chi connectivity index (χ0) is 16.0. The molecule has 112 valence electrons. The molecule has 4 N–H and O–H groups in total. The zero-order valence-electron chi connectivity index (χ0n) is 12.2. The van der Waals surface area contributed by atoms with E-state index in [2.05, 4.69) is 28.1 Å². The predicted molar refractivity (Wildman–Crippen MR) is 95.4 cm³/mol. The molecule has 2 aromatic carbocycles. The topological polar surface area (TPSA) is 64.8 Å². The normalized spacial score (nSPS) is 11.2. The van der Waals surface area contributed by atoms with Gasteiger partial charge in [0.2, 0.25) is 0 Å². The van der Waals surface area contributed by atoms with Crippen molar-refractivity contribution in [1.82, 2.24) is 0 Å². The van der Waals surface area contributed by atoms with E-state index in [1.165, 1.54) is 0 Å². The summed E-state index contributed by atoms with van der Waals surface area (Å²) in [5.74, 6) is 0.751. The van der Waals surface area contributed by atoms with Crippen LogP contribution in [0.5, 0.6) is 0 Å². The molecule has 4 rings (SSSR count). The van der Waals surface area contributed by atoms with E-state index >= 15 is 0 Å². The number of hydrogen-bond donors (Lipinski definition) is 2. The summed E-state index contributed by atoms with van der Waals surface area (Å²) < 4.78 is 7.07. The Morgan fingerprint density at radius 1 is 0.913 bits per heavy atom. The fourth-order valence-electron chi connectivity index (χ4n) is 2.85. The van der Waals surface area contributed by atoms with Crippen LogP contribution in [0, 0.1) is 0 Å². The minimum atomic E-state index is 0.672. The predicted octanol–water partition coefficient (Wildman–Crippen LogP) is 3.21. The molecule has 1 aliphatic carbocycles. The average Bonchev–Trinajstić information content (AvgIpc) is 2.53. The Kier molecular flexibility index (Phi) is 3.20. The number of fused-ring (bicyclic) bond motifs is 2. The molecule has 0 radical (unpaired) electrons. The number of halogens is 1. The quantitative estimate of drug-likeness (QED) is 0.401. The first-order chi connectivity index (χ1) is 11.1. The molecule has 1 heterocycles. The lowest BCUT2D eigenvalue weighted by atomic mass is 9.94. The highest BCUT2D eigenvalue weighted by Gasteiger charge is 2.17. The van der Waals surface area contributed by atoms with E-state index in [4.69, 9.17) is 15.6 Å². The summed E-state index contributed by atoms with van der Waals surface area (Å²) in [5.41, 5.74) is 10.6. The molecule has 0 bridgehead atoms. The molecule has 1 aliphatic heterocycles. The maximum Gasteiger partial charge on any atom is 0.200 e. The number of nitrogens with two attached hydrogens (primary N) is 2. The summed E-state index contributed by atoms with van der Waals surface area (Å²) in [6.45, 7) is 0. The molecule has 0 spiro atoms. The monoisotopic (exact) mass is 365 g/mol. The Labute approximate surface area is 141 Å². The summed E-state index contributed by atoms with van der Waals surface area (Å²) >= 11 is 3.48. The van der Waals surface area contributed by atoms with Gasteiger partial charge in [0.05, 0.1) is 6.07 Å². The minimum absolute atomic E-state index is 0.672. The highest BCUT2D eigenvalue weighted by Crippen LogP contribution is 2.40. The molecule has 0 amide bonds. The molecule has 3 nitrogen and oxygen atoms in total. The maximum atomic E-state index is 6.02. The first-order valence-electron chi connectivity index (χ1n) is 7.22. The number of benzene rings is 3. The standard InChI is InChI=1S/C19H13BrN2O/c20-12-3-1-11(2-4-12)19-15-7-5-13(21)9-17(15)23-18-10-14(22)6-8-16(18)19/h1-10,21H,22H2/p+1. The van der Waals surface area contributed by atoms with Gasteiger partial charge in [0, 0.05) is 38.8 Å². The van der Waals surface area contributed by atoms with Crippen molar-refractivity contribution in [1.29, 1.82) is 0 Å². The van der Waals surface area contributed by atoms with Crippen LogP contribution in [-0.2, 0) is 0 Å². The van der Waals surface area contributed by atoms with Gasteiger partial charge < -0.3 is 10.2 Å². The van der Waals surface area contributed by atoms with Gasteiger partial charge in [-0.15, -0.1) is 0 Å². The van der Waals surface area contributed by atoms with Gasteiger partial charge in [-0.05, 0) is 35.9 Å². The second-order valence-electron chi connectivity index (χ2n) is 5.50. The molecular weight excluding hydrogens is 352 g/mol. The van der Waals surface area contributed by atoms with Crippen LogP contribution in [0.25, 0.3) is 33.4 Å². The van der Waals surface area contributed by atoms with Gasteiger partial charge in [-0.25, -0.2) is 0 Å². The van der Waals surface area contributed by atoms with Crippen LogP contribution in [0.2, 0.25) is 0 Å². The smallest absolute Gasteiger partial charge is 0.200 e. The fourth-order valence-corrected chi connectivity index (χ4v) is 3.12. The van der Waals surface area contributed by atoms with Crippen LogP contribution in [0.15, 0.2) is 69.6 Å². The van der Waals surface area contributed by atoms with E-state index in [-0.39, 0.29) is 0 Å². The van der Waals surface area contributed by atoms with Crippen LogP contribution in [0.4, 0.5) is 5.69 Å². The molecule has 0 unspecified atom stereocenters. The Bertz CT molecular complexity index is 1050. The third kappa shape index (κ3) is 2.41. The van der Waals surface area contributed by atoms with Gasteiger partial charge in [0.25, 0.3) is 0 Å². The van der Waals surface area contributed by atoms with Crippen molar-refractivity contribution in [2.75, 3.05) is 5.73 Å². The summed E-state index contributed by atoms with van der Waals surface area (Å²) in [7, 11) is 0. The van der Waals surface area contributed by atoms with Gasteiger partial charge in [-0.1, -0.05) is 28.1 Å². The van der Waals surface area contributed by atoms with Crippen molar-refractivity contribution >= 4 is 32.6 Å². The lowest BCUT2D eigenvalue weighted by molar-refractivity contribution is -0.172. The van der Waals surface area contributed by atoms with Gasteiger partial charge in [-0.2, -0.15) is 0 Å². The zero-order valence-corrected chi connectivity index (χ0v) is 13.8. The summed E-state index contributed by atoms with van der Waals surface area (Å²) in [5, 5.41) is 7.61. The lowest BCUT2D eigenvalue weighted by Gasteiger charge is -2.15. The van der Waals surface area contributed by atoms with Crippen molar-refractivity contribution in [3.8, 4) is 22.5 Å². The van der Waals surface area contributed by atoms with Gasteiger partial charge in [-0.3, -0.25) is 5.41 Å². The lowest BCUT2D eigenvalue weighted by Crippen LogP contribution is -2.44. The van der Waals surface area contributed by atoms with Crippen LogP contribution in [0.1, 0.15) is 0 Å². The number of rotatable bonds is 1. The number of hydrogen-bond acceptors (Lipinski definition) is 2. The van der Waals surface area contributed by atoms with Crippen molar-refractivity contribution < 1.29 is 9.83 Å². The SMILES string of the molecule is Nc1ccc2c(-c3ccc(Br)cc3)c3ccc(=[NH2+])cc-3oc2c1. The summed E-state index contributed by atoms with van der Waals surface area (Å²) in [6.07, 6.45) is 0. The molecular formula is C19H14BrN2O+. The molecule has 23 heavy (non-hydrogen) atoms. The van der Waals surface area contributed by atoms with E-state index in [1.54, 1.807) is 0 Å². The first-order valence-corrected chi connectivity index (χ1v) is 8.02. The number of nitrogen functional groups attached to an aromatic ring is 1. The molecule has 4 heteroatoms. The largest absolute Gasteiger partial charge is 0.456 e. The van der Waals surface area contributed by atoms with Crippen LogP contribution >= 0.6 is 15.9 Å². The third-order valence-corrected chi connectivity index (χ3v) is 4.43. The summed E-state index contributed by atoms with van der Waals surface area (Å²) in [4.78, 5) is 0. The third-order valence-electron chi connectivity index (χ3n) is 3.90. The van der Waals surface area contributed by atoms with E-state index in [0.29, 0.717) is 11.0 Å². The first kappa shape index (κ1) is 14.0. The molecule has 0 fully saturated rings. The second kappa shape index (κ2) is 5.25. The van der Waals surface area contributed by atoms with Crippen LogP contribution < -0.4 is 16.5 Å². The highest BCUT2D eigenvalue weighted by molar-refractivity contribution is 9.10. The minimum Gasteiger partial charge on any atom is -0.456 e. The summed E-state index contributed by atoms with van der Waals surface area (Å²) in [6, 6.07) is 19.7. The van der Waals surface area contributed by atoms with E-state index in [0.717, 1.165) is 37.9 Å². The van der Waals surface area contributed by atoms with Crippen molar-refractivity contribution in [2.45, 2.75) is 0 Å². The fraction of sp³-hybridized carbons (Fsp3) is 0. The maximum absolute atomic E-state index is 6.02. The van der Waals surface area contributed by atoms with E-state index in [1.807, 2.05) is 48.5 Å². The second-order valence-corrected chi connectivity index (χ2v) is 6.41. The van der Waals surface area contributed by atoms with Gasteiger partial charge >= 0.3 is 0 Å². The average molecular weight is 366 g/mol. The Morgan fingerprint density at radius 3 is 2.48 bits per heavy atom. The van der Waals surface area contributed by atoms with Crippen LogP contribution in [0.3, 0.4) is 0 Å². The van der Waals surface area contributed by atoms with E-state index in [9.17, 15) is 0 Å². The van der Waals surface area contributed by atoms with Crippen LogP contribution in [-0.4, -0.2) is 0 Å². The molecule has 0 aromatic heterocycles. The Hall–Kier alpha value is -2.59. The highest BCUT2D eigenvalue weighted by atomic mass is 79.9. The molecule has 0 atom stereocenters. The number of anilines is 1. The van der Waals surface area contributed by atoms with Gasteiger partial charge in [0.1, 0.15) is 11.3 Å². The van der Waals surface area contributed by atoms with E-state index < -0.39 is 0 Å². The van der Waals surface area contributed by atoms with Gasteiger partial charge in [0.15, 0.2) is 5.36 Å². The van der Waals surface area contributed by atoms with Crippen molar-refractivity contribution in [3.63, 3.8) is 0 Å². The molecule has 0 saturated heterocycles. The Morgan fingerprint density at radius 2 is 1.70 bits per heavy atom. The Balaban J connectivity index is 2.17. The molecule has 2 aromatic rings.